The molecule has 24 heavy (non-hydrogen) atoms. The summed E-state index contributed by atoms with van der Waals surface area (Å²) in [7, 11) is 0. The van der Waals surface area contributed by atoms with Gasteiger partial charge < -0.3 is 13.3 Å². The first-order chi connectivity index (χ1) is 11.7. The van der Waals surface area contributed by atoms with Gasteiger partial charge in [0.15, 0.2) is 0 Å². The zero-order chi connectivity index (χ0) is 16.5. The molecule has 0 saturated heterocycles. The van der Waals surface area contributed by atoms with Gasteiger partial charge in [0, 0.05) is 5.75 Å². The number of thioether (sulfide) groups is 1. The van der Waals surface area contributed by atoms with Gasteiger partial charge in [0.05, 0.1) is 22.4 Å². The van der Waals surface area contributed by atoms with Gasteiger partial charge in [-0.15, -0.1) is 21.5 Å². The molecule has 4 aromatic heterocycles. The van der Waals surface area contributed by atoms with Gasteiger partial charge >= 0.3 is 0 Å². The Morgan fingerprint density at radius 3 is 2.75 bits per heavy atom. The molecule has 0 aromatic carbocycles. The van der Waals surface area contributed by atoms with Crippen LogP contribution in [0.3, 0.4) is 0 Å². The molecule has 0 radical (unpaired) electrons. The van der Waals surface area contributed by atoms with Crippen LogP contribution in [0.5, 0.6) is 0 Å². The normalized spacial score (nSPS) is 11.2. The average Bonchev–Trinajstić information content (AvgIpc) is 3.33. The zero-order valence-corrected chi connectivity index (χ0v) is 14.6. The highest BCUT2D eigenvalue weighted by Crippen LogP contribution is 2.31. The SMILES string of the molecule is Cc1occc1-c1nnc(SCc2nc(-c3cccs3)oc2C)o1. The molecule has 0 fully saturated rings. The number of hydrogen-bond donors (Lipinski definition) is 0. The van der Waals surface area contributed by atoms with E-state index in [1.165, 1.54) is 11.8 Å². The third kappa shape index (κ3) is 2.90. The highest BCUT2D eigenvalue weighted by atomic mass is 32.2. The first-order valence-corrected chi connectivity index (χ1v) is 9.08. The Morgan fingerprint density at radius 1 is 1.08 bits per heavy atom. The van der Waals surface area contributed by atoms with Gasteiger partial charge in [0.25, 0.3) is 11.1 Å². The second kappa shape index (κ2) is 6.29. The maximum absolute atomic E-state index is 5.73. The Labute approximate surface area is 145 Å². The Morgan fingerprint density at radius 2 is 2.00 bits per heavy atom. The van der Waals surface area contributed by atoms with Crippen molar-refractivity contribution >= 4 is 23.1 Å². The molecule has 0 atom stereocenters. The average molecular weight is 359 g/mol. The van der Waals surface area contributed by atoms with E-state index in [0.717, 1.165) is 27.7 Å². The van der Waals surface area contributed by atoms with Crippen molar-refractivity contribution in [2.75, 3.05) is 0 Å². The van der Waals surface area contributed by atoms with Gasteiger partial charge in [-0.3, -0.25) is 0 Å². The minimum absolute atomic E-state index is 0.458. The molecule has 0 amide bonds. The molecule has 122 valence electrons. The quantitative estimate of drug-likeness (QED) is 0.466. The molecule has 4 rings (SSSR count). The highest BCUT2D eigenvalue weighted by Gasteiger charge is 2.16. The monoisotopic (exact) mass is 359 g/mol. The van der Waals surface area contributed by atoms with Crippen molar-refractivity contribution in [3.05, 3.63) is 47.1 Å². The largest absolute Gasteiger partial charge is 0.469 e. The number of oxazole rings is 1. The van der Waals surface area contributed by atoms with Gasteiger partial charge in [-0.2, -0.15) is 0 Å². The van der Waals surface area contributed by atoms with E-state index in [9.17, 15) is 0 Å². The summed E-state index contributed by atoms with van der Waals surface area (Å²) in [4.78, 5) is 5.57. The van der Waals surface area contributed by atoms with E-state index in [4.69, 9.17) is 13.3 Å². The fourth-order valence-electron chi connectivity index (χ4n) is 2.18. The van der Waals surface area contributed by atoms with Gasteiger partial charge in [0.2, 0.25) is 5.89 Å². The summed E-state index contributed by atoms with van der Waals surface area (Å²) in [5, 5.41) is 10.6. The molecule has 8 heteroatoms. The lowest BCUT2D eigenvalue weighted by Crippen LogP contribution is -1.84. The van der Waals surface area contributed by atoms with E-state index in [0.29, 0.717) is 22.8 Å². The summed E-state index contributed by atoms with van der Waals surface area (Å²) >= 11 is 3.04. The van der Waals surface area contributed by atoms with Crippen LogP contribution in [0.15, 0.2) is 48.3 Å². The fraction of sp³-hybridized carbons (Fsp3) is 0.188. The van der Waals surface area contributed by atoms with E-state index >= 15 is 0 Å². The van der Waals surface area contributed by atoms with E-state index in [1.807, 2.05) is 37.4 Å². The summed E-state index contributed by atoms with van der Waals surface area (Å²) < 4.78 is 16.7. The lowest BCUT2D eigenvalue weighted by molar-refractivity contribution is 0.463. The molecule has 0 bridgehead atoms. The first kappa shape index (κ1) is 15.2. The maximum Gasteiger partial charge on any atom is 0.277 e. The molecular formula is C16H13N3O3S2. The van der Waals surface area contributed by atoms with Gasteiger partial charge in [-0.1, -0.05) is 17.8 Å². The molecule has 0 saturated carbocycles. The first-order valence-electron chi connectivity index (χ1n) is 7.21. The Kier molecular flexibility index (Phi) is 3.99. The molecule has 6 nitrogen and oxygen atoms in total. The minimum atomic E-state index is 0.458. The smallest absolute Gasteiger partial charge is 0.277 e. The Bertz CT molecular complexity index is 953. The van der Waals surface area contributed by atoms with Crippen LogP contribution in [0.25, 0.3) is 22.2 Å². The summed E-state index contributed by atoms with van der Waals surface area (Å²) in [6, 6.07) is 5.78. The molecular weight excluding hydrogens is 346 g/mol. The van der Waals surface area contributed by atoms with Crippen molar-refractivity contribution < 1.29 is 13.3 Å². The molecule has 0 aliphatic carbocycles. The van der Waals surface area contributed by atoms with E-state index in [2.05, 4.69) is 15.2 Å². The predicted octanol–water partition coefficient (Wildman–Crippen LogP) is 4.96. The highest BCUT2D eigenvalue weighted by molar-refractivity contribution is 7.98. The molecule has 0 N–H and O–H groups in total. The minimum Gasteiger partial charge on any atom is -0.469 e. The number of thiophene rings is 1. The van der Waals surface area contributed by atoms with Gasteiger partial charge in [-0.25, -0.2) is 4.98 Å². The van der Waals surface area contributed by atoms with Crippen LogP contribution >= 0.6 is 23.1 Å². The second-order valence-corrected chi connectivity index (χ2v) is 6.93. The van der Waals surface area contributed by atoms with Gasteiger partial charge in [-0.05, 0) is 31.4 Å². The van der Waals surface area contributed by atoms with Crippen LogP contribution < -0.4 is 0 Å². The van der Waals surface area contributed by atoms with Crippen molar-refractivity contribution in [2.45, 2.75) is 24.8 Å². The van der Waals surface area contributed by atoms with E-state index in [1.54, 1.807) is 17.6 Å². The predicted molar refractivity (Wildman–Crippen MR) is 90.9 cm³/mol. The number of furan rings is 1. The van der Waals surface area contributed by atoms with Crippen LogP contribution in [-0.2, 0) is 5.75 Å². The summed E-state index contributed by atoms with van der Waals surface area (Å²) in [5.41, 5.74) is 1.69. The molecule has 0 unspecified atom stereocenters. The lowest BCUT2D eigenvalue weighted by atomic mass is 10.3. The van der Waals surface area contributed by atoms with Crippen molar-refractivity contribution in [1.82, 2.24) is 15.2 Å². The van der Waals surface area contributed by atoms with Gasteiger partial charge in [0.1, 0.15) is 11.5 Å². The van der Waals surface area contributed by atoms with Crippen molar-refractivity contribution in [2.24, 2.45) is 0 Å². The van der Waals surface area contributed by atoms with Crippen molar-refractivity contribution in [3.63, 3.8) is 0 Å². The zero-order valence-electron chi connectivity index (χ0n) is 13.0. The third-order valence-electron chi connectivity index (χ3n) is 3.45. The van der Waals surface area contributed by atoms with Crippen LogP contribution in [0.1, 0.15) is 17.2 Å². The fourth-order valence-corrected chi connectivity index (χ4v) is 3.59. The third-order valence-corrected chi connectivity index (χ3v) is 5.14. The molecule has 4 aromatic rings. The van der Waals surface area contributed by atoms with E-state index in [-0.39, 0.29) is 0 Å². The Hall–Kier alpha value is -2.32. The van der Waals surface area contributed by atoms with E-state index < -0.39 is 0 Å². The number of hydrogen-bond acceptors (Lipinski definition) is 8. The number of aromatic nitrogens is 3. The maximum atomic E-state index is 5.73. The molecule has 0 spiro atoms. The summed E-state index contributed by atoms with van der Waals surface area (Å²) in [5.74, 6) is 3.27. The second-order valence-electron chi connectivity index (χ2n) is 5.05. The number of aryl methyl sites for hydroxylation is 2. The number of rotatable bonds is 5. The lowest BCUT2D eigenvalue weighted by Gasteiger charge is -1.93. The standard InChI is InChI=1S/C16H13N3O3S2/c1-9-11(5-6-20-9)14-18-19-16(22-14)24-8-12-10(2)21-15(17-12)13-4-3-7-23-13/h3-7H,8H2,1-2H3. The number of nitrogens with zero attached hydrogens (tertiary/aromatic N) is 3. The molecule has 0 aliphatic heterocycles. The Balaban J connectivity index is 1.48. The topological polar surface area (TPSA) is 78.1 Å². The van der Waals surface area contributed by atoms with Crippen LogP contribution in [-0.4, -0.2) is 15.2 Å². The van der Waals surface area contributed by atoms with Crippen LogP contribution in [0.4, 0.5) is 0 Å². The van der Waals surface area contributed by atoms with Crippen LogP contribution in [0.2, 0.25) is 0 Å². The van der Waals surface area contributed by atoms with Crippen molar-refractivity contribution in [3.8, 4) is 22.2 Å². The molecule has 4 heterocycles. The van der Waals surface area contributed by atoms with Crippen LogP contribution in [0, 0.1) is 13.8 Å². The molecule has 0 aliphatic rings. The van der Waals surface area contributed by atoms with Crippen molar-refractivity contribution in [1.29, 1.82) is 0 Å². The summed E-state index contributed by atoms with van der Waals surface area (Å²) in [6.07, 6.45) is 1.60. The summed E-state index contributed by atoms with van der Waals surface area (Å²) in [6.45, 7) is 3.77.